The largest absolute Gasteiger partial charge is 0.477 e. The zero-order chi connectivity index (χ0) is 26.2. The van der Waals surface area contributed by atoms with Gasteiger partial charge in [0, 0.05) is 11.5 Å². The number of nitro benzene ring substituents is 1. The van der Waals surface area contributed by atoms with Crippen LogP contribution in [-0.4, -0.2) is 38.1 Å². The molecule has 1 aliphatic heterocycles. The van der Waals surface area contributed by atoms with Crippen molar-refractivity contribution >= 4 is 33.8 Å². The molecule has 2 aromatic carbocycles. The van der Waals surface area contributed by atoms with Crippen LogP contribution >= 0.6 is 0 Å². The van der Waals surface area contributed by atoms with E-state index in [-0.39, 0.29) is 17.9 Å². The summed E-state index contributed by atoms with van der Waals surface area (Å²) in [6, 6.07) is 12.8. The molecule has 7 rings (SSSR count). The highest BCUT2D eigenvalue weighted by atomic mass is 32.2. The highest BCUT2D eigenvalue weighted by Crippen LogP contribution is 2.65. The Labute approximate surface area is 215 Å². The minimum absolute atomic E-state index is 0.129. The topological polar surface area (TPSA) is 121 Å². The minimum Gasteiger partial charge on any atom is -0.464 e. The van der Waals surface area contributed by atoms with Crippen molar-refractivity contribution in [2.45, 2.75) is 62.6 Å². The third-order valence-corrected chi connectivity index (χ3v) is 10.5. The lowest BCUT2D eigenvalue weighted by Gasteiger charge is -2.64. The van der Waals surface area contributed by atoms with Gasteiger partial charge in [0.25, 0.3) is 5.69 Å². The van der Waals surface area contributed by atoms with Crippen molar-refractivity contribution in [1.29, 1.82) is 0 Å². The first-order valence-corrected chi connectivity index (χ1v) is 14.0. The highest BCUT2D eigenvalue weighted by molar-refractivity contribution is 7.89. The molecule has 0 spiro atoms. The number of para-hydroxylation sites is 2. The van der Waals surface area contributed by atoms with Crippen LogP contribution in [0.25, 0.3) is 11.0 Å². The maximum absolute atomic E-state index is 13.5. The number of nitrogens with zero attached hydrogens (tertiary/aromatic N) is 1. The predicted octanol–water partition coefficient (Wildman–Crippen LogP) is 4.50. The maximum atomic E-state index is 13.5. The van der Waals surface area contributed by atoms with Gasteiger partial charge < -0.3 is 13.7 Å². The molecule has 1 N–H and O–H groups in total. The monoisotopic (exact) mass is 524 g/mol. The van der Waals surface area contributed by atoms with Gasteiger partial charge in [-0.15, -0.1) is 0 Å². The Bertz CT molecular complexity index is 1490. The number of sulfonamides is 1. The highest BCUT2D eigenvalue weighted by Gasteiger charge is 2.68. The van der Waals surface area contributed by atoms with Crippen LogP contribution in [0.15, 0.2) is 64.1 Å². The summed E-state index contributed by atoms with van der Waals surface area (Å²) in [7, 11) is -5.15. The molecule has 4 aliphatic rings. The van der Waals surface area contributed by atoms with Crippen molar-refractivity contribution in [1.82, 2.24) is 4.72 Å². The van der Waals surface area contributed by atoms with Crippen molar-refractivity contribution < 1.29 is 27.1 Å². The second kappa shape index (κ2) is 8.39. The van der Waals surface area contributed by atoms with E-state index in [4.69, 9.17) is 13.7 Å². The lowest BCUT2D eigenvalue weighted by Crippen LogP contribution is -2.65. The maximum Gasteiger partial charge on any atom is 0.477 e. The molecule has 1 saturated heterocycles. The normalized spacial score (nSPS) is 29.1. The van der Waals surface area contributed by atoms with Gasteiger partial charge in [0.15, 0.2) is 4.90 Å². The Morgan fingerprint density at radius 2 is 1.86 bits per heavy atom. The van der Waals surface area contributed by atoms with Crippen LogP contribution in [0.2, 0.25) is 0 Å². The summed E-state index contributed by atoms with van der Waals surface area (Å²) in [4.78, 5) is 10.5. The van der Waals surface area contributed by atoms with Gasteiger partial charge in [0.2, 0.25) is 10.0 Å². The van der Waals surface area contributed by atoms with E-state index in [1.807, 2.05) is 24.3 Å². The SMILES string of the molecule is CC1(C)[C@@H]2C[C@H]3OB([C@H](Cc4coc5ccccc45)NS(=O)(=O)c4ccccc4[N+](=O)[O-])O[C@@]3(C)[C@H]1C2. The molecule has 2 heterocycles. The van der Waals surface area contributed by atoms with Crippen LogP contribution in [0, 0.1) is 27.4 Å². The average Bonchev–Trinajstić information content (AvgIpc) is 3.43. The summed E-state index contributed by atoms with van der Waals surface area (Å²) in [5.74, 6) is 0.00220. The number of fused-ring (bicyclic) bond motifs is 1. The third-order valence-electron chi connectivity index (χ3n) is 8.96. The zero-order valence-corrected chi connectivity index (χ0v) is 21.7. The van der Waals surface area contributed by atoms with E-state index < -0.39 is 44.2 Å². The Morgan fingerprint density at radius 1 is 1.14 bits per heavy atom. The fourth-order valence-corrected chi connectivity index (χ4v) is 8.19. The van der Waals surface area contributed by atoms with E-state index in [9.17, 15) is 18.5 Å². The summed E-state index contributed by atoms with van der Waals surface area (Å²) in [6.45, 7) is 6.59. The molecule has 2 bridgehead atoms. The number of hydrogen-bond acceptors (Lipinski definition) is 7. The smallest absolute Gasteiger partial charge is 0.464 e. The summed E-state index contributed by atoms with van der Waals surface area (Å²) < 4.78 is 48.5. The average molecular weight is 524 g/mol. The molecule has 0 unspecified atom stereocenters. The van der Waals surface area contributed by atoms with E-state index in [1.165, 1.54) is 24.3 Å². The van der Waals surface area contributed by atoms with Crippen LogP contribution in [0.4, 0.5) is 5.69 Å². The molecule has 3 saturated carbocycles. The summed E-state index contributed by atoms with van der Waals surface area (Å²) in [6.07, 6.45) is 3.61. The fourth-order valence-electron chi connectivity index (χ4n) is 6.79. The summed E-state index contributed by atoms with van der Waals surface area (Å²) >= 11 is 0. The summed E-state index contributed by atoms with van der Waals surface area (Å²) in [5.41, 5.74) is 0.587. The molecule has 9 nitrogen and oxygen atoms in total. The number of rotatable bonds is 7. The van der Waals surface area contributed by atoms with Crippen molar-refractivity contribution in [2.75, 3.05) is 0 Å². The minimum atomic E-state index is -4.29. The van der Waals surface area contributed by atoms with Gasteiger partial charge in [-0.2, -0.15) is 0 Å². The Kier molecular flexibility index (Phi) is 5.58. The second-order valence-corrected chi connectivity index (χ2v) is 12.9. The van der Waals surface area contributed by atoms with Crippen molar-refractivity contribution in [3.8, 4) is 0 Å². The molecular weight excluding hydrogens is 495 g/mol. The van der Waals surface area contributed by atoms with E-state index in [2.05, 4.69) is 25.5 Å². The Morgan fingerprint density at radius 3 is 2.62 bits per heavy atom. The quantitative estimate of drug-likeness (QED) is 0.275. The van der Waals surface area contributed by atoms with E-state index in [1.54, 1.807) is 6.26 Å². The fraction of sp³-hybridized carbons (Fsp3) is 0.462. The third kappa shape index (κ3) is 3.82. The first-order valence-electron chi connectivity index (χ1n) is 12.5. The molecule has 3 aliphatic carbocycles. The van der Waals surface area contributed by atoms with Gasteiger partial charge in [0.1, 0.15) is 5.58 Å². The van der Waals surface area contributed by atoms with Gasteiger partial charge in [-0.3, -0.25) is 10.1 Å². The summed E-state index contributed by atoms with van der Waals surface area (Å²) in [5, 5.41) is 12.4. The van der Waals surface area contributed by atoms with Crippen LogP contribution in [0.5, 0.6) is 0 Å². The van der Waals surface area contributed by atoms with Crippen molar-refractivity contribution in [3.05, 3.63) is 70.5 Å². The number of hydrogen-bond donors (Lipinski definition) is 1. The first kappa shape index (κ1) is 24.6. The van der Waals surface area contributed by atoms with Crippen LogP contribution in [0.1, 0.15) is 39.2 Å². The molecule has 5 atom stereocenters. The van der Waals surface area contributed by atoms with Gasteiger partial charge in [0.05, 0.1) is 28.8 Å². The van der Waals surface area contributed by atoms with E-state index >= 15 is 0 Å². The van der Waals surface area contributed by atoms with Gasteiger partial charge >= 0.3 is 7.12 Å². The van der Waals surface area contributed by atoms with Crippen molar-refractivity contribution in [2.24, 2.45) is 17.3 Å². The molecule has 0 radical (unpaired) electrons. The number of nitrogens with one attached hydrogen (secondary N) is 1. The van der Waals surface area contributed by atoms with Gasteiger partial charge in [-0.1, -0.05) is 44.2 Å². The van der Waals surface area contributed by atoms with Crippen LogP contribution in [-0.2, 0) is 25.8 Å². The molecule has 3 aromatic rings. The first-order chi connectivity index (χ1) is 17.5. The second-order valence-electron chi connectivity index (χ2n) is 11.3. The molecule has 11 heteroatoms. The molecule has 1 aromatic heterocycles. The van der Waals surface area contributed by atoms with Gasteiger partial charge in [-0.25, -0.2) is 13.1 Å². The molecule has 37 heavy (non-hydrogen) atoms. The molecule has 0 amide bonds. The molecule has 194 valence electrons. The Hall–Kier alpha value is -2.73. The molecule has 4 fully saturated rings. The molecular formula is C26H29BN2O7S. The predicted molar refractivity (Wildman–Crippen MR) is 137 cm³/mol. The number of nitro groups is 1. The lowest BCUT2D eigenvalue weighted by atomic mass is 9.43. The van der Waals surface area contributed by atoms with Crippen molar-refractivity contribution in [3.63, 3.8) is 0 Å². The van der Waals surface area contributed by atoms with Crippen LogP contribution < -0.4 is 4.72 Å². The van der Waals surface area contributed by atoms with Crippen LogP contribution in [0.3, 0.4) is 0 Å². The number of benzene rings is 2. The van der Waals surface area contributed by atoms with Gasteiger partial charge in [-0.05, 0) is 61.1 Å². The standard InChI is InChI=1S/C26H29BN2O7S/c1-25(2)17-13-22(25)26(3)23(14-17)35-27(36-26)24(12-16-15-34-20-10-6-4-8-18(16)20)28-37(32,33)21-11-7-5-9-19(21)29(30)31/h4-11,15,17,22-24,28H,12-14H2,1-3H3/t17-,22-,23+,24-,26-/m0/s1. The number of furan rings is 1. The van der Waals surface area contributed by atoms with E-state index in [0.717, 1.165) is 23.8 Å². The Balaban J connectivity index is 1.36. The lowest BCUT2D eigenvalue weighted by molar-refractivity contribution is -0.387. The zero-order valence-electron chi connectivity index (χ0n) is 20.9. The van der Waals surface area contributed by atoms with E-state index in [0.29, 0.717) is 17.4 Å².